The van der Waals surface area contributed by atoms with Crippen molar-refractivity contribution in [3.8, 4) is 0 Å². The first-order valence-electron chi connectivity index (χ1n) is 6.20. The molecule has 2 rings (SSSR count). The van der Waals surface area contributed by atoms with E-state index >= 15 is 0 Å². The fourth-order valence-corrected chi connectivity index (χ4v) is 2.53. The van der Waals surface area contributed by atoms with Gasteiger partial charge in [-0.3, -0.25) is 4.79 Å². The van der Waals surface area contributed by atoms with Crippen LogP contribution in [0, 0.1) is 0 Å². The van der Waals surface area contributed by atoms with Gasteiger partial charge in [0.25, 0.3) is 0 Å². The van der Waals surface area contributed by atoms with Crippen molar-refractivity contribution in [2.24, 2.45) is 0 Å². The third-order valence-corrected chi connectivity index (χ3v) is 3.73. The highest BCUT2D eigenvalue weighted by atomic mass is 16.6. The summed E-state index contributed by atoms with van der Waals surface area (Å²) in [6.45, 7) is 1.14. The van der Waals surface area contributed by atoms with Gasteiger partial charge in [0.15, 0.2) is 0 Å². The molecule has 1 N–H and O–H groups in total. The average Bonchev–Trinajstić information content (AvgIpc) is 2.25. The van der Waals surface area contributed by atoms with Crippen molar-refractivity contribution in [3.63, 3.8) is 0 Å². The van der Waals surface area contributed by atoms with Crippen LogP contribution in [0.4, 0.5) is 0 Å². The Morgan fingerprint density at radius 1 is 1.38 bits per heavy atom. The number of esters is 1. The van der Waals surface area contributed by atoms with E-state index in [9.17, 15) is 4.79 Å². The Morgan fingerprint density at radius 2 is 2.06 bits per heavy atom. The Morgan fingerprint density at radius 3 is 2.56 bits per heavy atom. The molecular formula is C12H21NO3. The maximum Gasteiger partial charge on any atom is 0.308 e. The van der Waals surface area contributed by atoms with Gasteiger partial charge in [0.1, 0.15) is 6.10 Å². The molecule has 0 spiro atoms. The molecule has 1 saturated heterocycles. The quantitative estimate of drug-likeness (QED) is 0.734. The maximum absolute atomic E-state index is 11.8. The minimum Gasteiger partial charge on any atom is -0.457 e. The van der Waals surface area contributed by atoms with Crippen LogP contribution in [0.2, 0.25) is 0 Å². The van der Waals surface area contributed by atoms with Gasteiger partial charge in [-0.15, -0.1) is 0 Å². The smallest absolute Gasteiger partial charge is 0.308 e. The van der Waals surface area contributed by atoms with Crippen molar-refractivity contribution < 1.29 is 14.3 Å². The molecule has 1 aliphatic heterocycles. The highest BCUT2D eigenvalue weighted by molar-refractivity contribution is 5.71. The van der Waals surface area contributed by atoms with Crippen LogP contribution in [0.15, 0.2) is 0 Å². The Labute approximate surface area is 96.7 Å². The highest BCUT2D eigenvalue weighted by Crippen LogP contribution is 2.31. The number of rotatable bonds is 4. The normalized spacial score (nSPS) is 24.8. The van der Waals surface area contributed by atoms with Gasteiger partial charge < -0.3 is 14.8 Å². The number of carbonyl (C=O) groups is 1. The second kappa shape index (κ2) is 5.15. The van der Waals surface area contributed by atoms with Crippen LogP contribution in [-0.4, -0.2) is 37.9 Å². The molecule has 1 saturated carbocycles. The standard InChI is InChI=1S/C12H21NO3/c1-13-12(5-3-2-4-6-12)7-11(14)16-10-8-15-9-10/h10,13H,2-9H2,1H3. The van der Waals surface area contributed by atoms with E-state index in [4.69, 9.17) is 9.47 Å². The number of hydrogen-bond acceptors (Lipinski definition) is 4. The first-order chi connectivity index (χ1) is 7.74. The van der Waals surface area contributed by atoms with Gasteiger partial charge in [0, 0.05) is 5.54 Å². The second-order valence-electron chi connectivity index (χ2n) is 4.92. The van der Waals surface area contributed by atoms with E-state index < -0.39 is 0 Å². The molecule has 92 valence electrons. The van der Waals surface area contributed by atoms with E-state index in [-0.39, 0.29) is 17.6 Å². The molecule has 2 aliphatic rings. The topological polar surface area (TPSA) is 47.6 Å². The highest BCUT2D eigenvalue weighted by Gasteiger charge is 2.34. The molecule has 1 aliphatic carbocycles. The Kier molecular flexibility index (Phi) is 3.82. The summed E-state index contributed by atoms with van der Waals surface area (Å²) in [5.74, 6) is -0.0791. The summed E-state index contributed by atoms with van der Waals surface area (Å²) < 4.78 is 10.3. The Balaban J connectivity index is 1.82. The molecule has 0 bridgehead atoms. The van der Waals surface area contributed by atoms with E-state index in [1.54, 1.807) is 0 Å². The molecule has 0 amide bonds. The van der Waals surface area contributed by atoms with Crippen LogP contribution in [0.25, 0.3) is 0 Å². The molecule has 16 heavy (non-hydrogen) atoms. The van der Waals surface area contributed by atoms with Gasteiger partial charge in [-0.05, 0) is 19.9 Å². The van der Waals surface area contributed by atoms with Crippen molar-refractivity contribution in [1.29, 1.82) is 0 Å². The first kappa shape index (κ1) is 11.9. The summed E-state index contributed by atoms with van der Waals surface area (Å²) in [6.07, 6.45) is 6.38. The molecule has 0 unspecified atom stereocenters. The van der Waals surface area contributed by atoms with Crippen LogP contribution in [0.1, 0.15) is 38.5 Å². The zero-order valence-corrected chi connectivity index (χ0v) is 9.96. The lowest BCUT2D eigenvalue weighted by Gasteiger charge is -2.37. The van der Waals surface area contributed by atoms with Gasteiger partial charge in [-0.2, -0.15) is 0 Å². The summed E-state index contributed by atoms with van der Waals surface area (Å²) >= 11 is 0. The van der Waals surface area contributed by atoms with E-state index in [2.05, 4.69) is 5.32 Å². The summed E-state index contributed by atoms with van der Waals surface area (Å²) in [5.41, 5.74) is -0.0140. The van der Waals surface area contributed by atoms with Crippen LogP contribution in [-0.2, 0) is 14.3 Å². The molecule has 0 aromatic carbocycles. The number of hydrogen-bond donors (Lipinski definition) is 1. The summed E-state index contributed by atoms with van der Waals surface area (Å²) in [5, 5.41) is 3.33. The fraction of sp³-hybridized carbons (Fsp3) is 0.917. The van der Waals surface area contributed by atoms with E-state index in [1.807, 2.05) is 7.05 Å². The van der Waals surface area contributed by atoms with Crippen LogP contribution in [0.3, 0.4) is 0 Å². The Bertz CT molecular complexity index is 245. The van der Waals surface area contributed by atoms with Gasteiger partial charge in [0.2, 0.25) is 0 Å². The number of carbonyl (C=O) groups excluding carboxylic acids is 1. The van der Waals surface area contributed by atoms with Gasteiger partial charge >= 0.3 is 5.97 Å². The molecule has 4 heteroatoms. The lowest BCUT2D eigenvalue weighted by molar-refractivity contribution is -0.174. The largest absolute Gasteiger partial charge is 0.457 e. The SMILES string of the molecule is CNC1(CC(=O)OC2COC2)CCCCC1. The summed E-state index contributed by atoms with van der Waals surface area (Å²) in [7, 11) is 1.95. The van der Waals surface area contributed by atoms with E-state index in [0.29, 0.717) is 19.6 Å². The van der Waals surface area contributed by atoms with Gasteiger partial charge in [-0.1, -0.05) is 19.3 Å². The monoisotopic (exact) mass is 227 g/mol. The third-order valence-electron chi connectivity index (χ3n) is 3.73. The molecule has 0 aromatic rings. The maximum atomic E-state index is 11.8. The first-order valence-corrected chi connectivity index (χ1v) is 6.20. The van der Waals surface area contributed by atoms with E-state index in [1.165, 1.54) is 19.3 Å². The fourth-order valence-electron chi connectivity index (χ4n) is 2.53. The van der Waals surface area contributed by atoms with Crippen molar-refractivity contribution in [2.45, 2.75) is 50.2 Å². The lowest BCUT2D eigenvalue weighted by Crippen LogP contribution is -2.48. The molecule has 1 heterocycles. The zero-order valence-electron chi connectivity index (χ0n) is 9.96. The predicted octanol–water partition coefficient (Wildman–Crippen LogP) is 1.24. The Hall–Kier alpha value is -0.610. The number of ether oxygens (including phenoxy) is 2. The van der Waals surface area contributed by atoms with Gasteiger partial charge in [-0.25, -0.2) is 0 Å². The zero-order chi connectivity index (χ0) is 11.4. The molecule has 4 nitrogen and oxygen atoms in total. The molecule has 2 fully saturated rings. The van der Waals surface area contributed by atoms with E-state index in [0.717, 1.165) is 12.8 Å². The average molecular weight is 227 g/mol. The molecule has 0 aromatic heterocycles. The predicted molar refractivity (Wildman–Crippen MR) is 60.2 cm³/mol. The van der Waals surface area contributed by atoms with Crippen molar-refractivity contribution in [2.75, 3.05) is 20.3 Å². The van der Waals surface area contributed by atoms with Crippen LogP contribution < -0.4 is 5.32 Å². The lowest BCUT2D eigenvalue weighted by atomic mass is 9.79. The molecular weight excluding hydrogens is 206 g/mol. The number of nitrogens with one attached hydrogen (secondary N) is 1. The van der Waals surface area contributed by atoms with Crippen molar-refractivity contribution in [3.05, 3.63) is 0 Å². The third kappa shape index (κ3) is 2.74. The second-order valence-corrected chi connectivity index (χ2v) is 4.92. The minimum atomic E-state index is -0.0791. The van der Waals surface area contributed by atoms with Crippen LogP contribution in [0.5, 0.6) is 0 Å². The summed E-state index contributed by atoms with van der Waals surface area (Å²) in [6, 6.07) is 0. The van der Waals surface area contributed by atoms with Gasteiger partial charge in [0.05, 0.1) is 19.6 Å². The van der Waals surface area contributed by atoms with Crippen molar-refractivity contribution >= 4 is 5.97 Å². The van der Waals surface area contributed by atoms with Crippen LogP contribution >= 0.6 is 0 Å². The minimum absolute atomic E-state index is 0.00463. The van der Waals surface area contributed by atoms with Crippen molar-refractivity contribution in [1.82, 2.24) is 5.32 Å². The summed E-state index contributed by atoms with van der Waals surface area (Å²) in [4.78, 5) is 11.8. The molecule has 0 radical (unpaired) electrons. The molecule has 0 atom stereocenters.